The van der Waals surface area contributed by atoms with E-state index in [2.05, 4.69) is 15.2 Å². The first-order valence-corrected chi connectivity index (χ1v) is 11.0. The standard InChI is InChI=1S/C23H34N4O3.HI/c1-17-13-27(14-18(2)30-17)21(28)20-6-4-19(5-7-20)12-25-22(24-3)26-10-8-23(15-26)9-11-29-16-23;/h4-7,17-18H,8-16H2,1-3H3,(H,24,25);1H. The van der Waals surface area contributed by atoms with Crippen molar-refractivity contribution in [2.24, 2.45) is 10.4 Å². The summed E-state index contributed by atoms with van der Waals surface area (Å²) in [7, 11) is 1.84. The summed E-state index contributed by atoms with van der Waals surface area (Å²) in [5, 5.41) is 3.48. The molecule has 1 spiro atoms. The average Bonchev–Trinajstić information content (AvgIpc) is 3.37. The van der Waals surface area contributed by atoms with Crippen LogP contribution in [0.1, 0.15) is 42.6 Å². The summed E-state index contributed by atoms with van der Waals surface area (Å²) >= 11 is 0. The first-order valence-electron chi connectivity index (χ1n) is 11.0. The van der Waals surface area contributed by atoms with E-state index < -0.39 is 0 Å². The van der Waals surface area contributed by atoms with E-state index in [-0.39, 0.29) is 42.1 Å². The molecule has 0 radical (unpaired) electrons. The molecule has 3 unspecified atom stereocenters. The van der Waals surface area contributed by atoms with Crippen LogP contribution in [0.3, 0.4) is 0 Å². The van der Waals surface area contributed by atoms with Crippen LogP contribution in [0.25, 0.3) is 0 Å². The number of halogens is 1. The van der Waals surface area contributed by atoms with Crippen molar-refractivity contribution in [1.29, 1.82) is 0 Å². The van der Waals surface area contributed by atoms with E-state index in [4.69, 9.17) is 9.47 Å². The van der Waals surface area contributed by atoms with Crippen LogP contribution >= 0.6 is 24.0 Å². The zero-order valence-corrected chi connectivity index (χ0v) is 21.1. The van der Waals surface area contributed by atoms with Crippen LogP contribution < -0.4 is 5.32 Å². The molecule has 3 fully saturated rings. The van der Waals surface area contributed by atoms with E-state index in [1.165, 1.54) is 6.42 Å². The third-order valence-corrected chi connectivity index (χ3v) is 6.49. The third kappa shape index (κ3) is 5.70. The van der Waals surface area contributed by atoms with Crippen molar-refractivity contribution in [3.63, 3.8) is 0 Å². The van der Waals surface area contributed by atoms with Crippen molar-refractivity contribution in [2.75, 3.05) is 46.4 Å². The summed E-state index contributed by atoms with van der Waals surface area (Å²) < 4.78 is 11.4. The lowest BCUT2D eigenvalue weighted by Crippen LogP contribution is -2.48. The topological polar surface area (TPSA) is 66.4 Å². The Morgan fingerprint density at radius 1 is 1.16 bits per heavy atom. The summed E-state index contributed by atoms with van der Waals surface area (Å²) in [6.07, 6.45) is 2.47. The number of morpholine rings is 1. The number of nitrogens with one attached hydrogen (secondary N) is 1. The number of amides is 1. The Morgan fingerprint density at radius 3 is 2.48 bits per heavy atom. The molecule has 3 saturated heterocycles. The largest absolute Gasteiger partial charge is 0.381 e. The van der Waals surface area contributed by atoms with Crippen LogP contribution in [0.2, 0.25) is 0 Å². The van der Waals surface area contributed by atoms with Gasteiger partial charge in [0.15, 0.2) is 5.96 Å². The zero-order chi connectivity index (χ0) is 21.1. The maximum atomic E-state index is 12.8. The fourth-order valence-electron chi connectivity index (χ4n) is 4.89. The SMILES string of the molecule is CN=C(NCc1ccc(C(=O)N2CC(C)OC(C)C2)cc1)N1CCC2(CCOC2)C1.I. The maximum Gasteiger partial charge on any atom is 0.254 e. The molecular formula is C23H35IN4O3. The molecule has 3 aliphatic heterocycles. The van der Waals surface area contributed by atoms with E-state index in [0.717, 1.165) is 49.8 Å². The summed E-state index contributed by atoms with van der Waals surface area (Å²) in [5.74, 6) is 1.02. The number of likely N-dealkylation sites (tertiary alicyclic amines) is 1. The van der Waals surface area contributed by atoms with E-state index in [1.54, 1.807) is 0 Å². The lowest BCUT2D eigenvalue weighted by atomic mass is 9.87. The second-order valence-electron chi connectivity index (χ2n) is 9.04. The summed E-state index contributed by atoms with van der Waals surface area (Å²) in [4.78, 5) is 21.5. The van der Waals surface area contributed by atoms with Crippen LogP contribution in [0, 0.1) is 5.41 Å². The molecule has 1 amide bonds. The highest BCUT2D eigenvalue weighted by Crippen LogP contribution is 2.38. The predicted molar refractivity (Wildman–Crippen MR) is 132 cm³/mol. The van der Waals surface area contributed by atoms with Gasteiger partial charge < -0.3 is 24.6 Å². The van der Waals surface area contributed by atoms with Crippen LogP contribution in [0.15, 0.2) is 29.3 Å². The molecule has 8 heteroatoms. The highest BCUT2D eigenvalue weighted by atomic mass is 127. The minimum absolute atomic E-state index is 0. The lowest BCUT2D eigenvalue weighted by Gasteiger charge is -2.35. The van der Waals surface area contributed by atoms with Gasteiger partial charge in [-0.25, -0.2) is 0 Å². The second kappa shape index (κ2) is 10.5. The summed E-state index contributed by atoms with van der Waals surface area (Å²) in [5.41, 5.74) is 2.18. The molecule has 0 bridgehead atoms. The number of carbonyl (C=O) groups excluding carboxylic acids is 1. The van der Waals surface area contributed by atoms with Crippen molar-refractivity contribution < 1.29 is 14.3 Å². The van der Waals surface area contributed by atoms with Crippen molar-refractivity contribution in [3.8, 4) is 0 Å². The number of benzene rings is 1. The Balaban J connectivity index is 0.00000272. The Kier molecular flexibility index (Phi) is 8.20. The van der Waals surface area contributed by atoms with Crippen molar-refractivity contribution >= 4 is 35.8 Å². The number of ether oxygens (including phenoxy) is 2. The minimum atomic E-state index is 0. The van der Waals surface area contributed by atoms with Gasteiger partial charge in [-0.1, -0.05) is 12.1 Å². The fraction of sp³-hybridized carbons (Fsp3) is 0.652. The third-order valence-electron chi connectivity index (χ3n) is 6.49. The van der Waals surface area contributed by atoms with Crippen molar-refractivity contribution in [3.05, 3.63) is 35.4 Å². The molecule has 1 N–H and O–H groups in total. The molecule has 7 nitrogen and oxygen atoms in total. The predicted octanol–water partition coefficient (Wildman–Crippen LogP) is 2.74. The normalized spacial score (nSPS) is 28.7. The molecule has 0 aromatic heterocycles. The van der Waals surface area contributed by atoms with Gasteiger partial charge in [0, 0.05) is 57.4 Å². The van der Waals surface area contributed by atoms with E-state index in [9.17, 15) is 4.79 Å². The van der Waals surface area contributed by atoms with Crippen molar-refractivity contribution in [1.82, 2.24) is 15.1 Å². The number of guanidine groups is 1. The first-order chi connectivity index (χ1) is 14.5. The zero-order valence-electron chi connectivity index (χ0n) is 18.8. The molecule has 1 aromatic rings. The Bertz CT molecular complexity index is 770. The molecule has 3 aliphatic rings. The molecule has 1 aromatic carbocycles. The highest BCUT2D eigenvalue weighted by Gasteiger charge is 2.42. The van der Waals surface area contributed by atoms with Gasteiger partial charge in [-0.2, -0.15) is 0 Å². The van der Waals surface area contributed by atoms with Gasteiger partial charge in [-0.05, 0) is 44.4 Å². The molecule has 4 rings (SSSR count). The smallest absolute Gasteiger partial charge is 0.254 e. The van der Waals surface area contributed by atoms with E-state index in [1.807, 2.05) is 50.1 Å². The number of hydrogen-bond donors (Lipinski definition) is 1. The number of carbonyl (C=O) groups is 1. The monoisotopic (exact) mass is 542 g/mol. The number of rotatable bonds is 3. The number of aliphatic imine (C=N–C) groups is 1. The summed E-state index contributed by atoms with van der Waals surface area (Å²) in [6, 6.07) is 7.90. The fourth-order valence-corrected chi connectivity index (χ4v) is 4.89. The van der Waals surface area contributed by atoms with Crippen LogP contribution in [0.5, 0.6) is 0 Å². The lowest BCUT2D eigenvalue weighted by molar-refractivity contribution is -0.0586. The van der Waals surface area contributed by atoms with Gasteiger partial charge in [0.25, 0.3) is 5.91 Å². The summed E-state index contributed by atoms with van der Waals surface area (Å²) in [6.45, 7) is 9.79. The molecule has 3 heterocycles. The van der Waals surface area contributed by atoms with Gasteiger partial charge in [0.05, 0.1) is 18.8 Å². The quantitative estimate of drug-likeness (QED) is 0.362. The minimum Gasteiger partial charge on any atom is -0.381 e. The van der Waals surface area contributed by atoms with Gasteiger partial charge in [0.1, 0.15) is 0 Å². The second-order valence-corrected chi connectivity index (χ2v) is 9.04. The average molecular weight is 542 g/mol. The van der Waals surface area contributed by atoms with Crippen LogP contribution in [-0.4, -0.2) is 80.3 Å². The van der Waals surface area contributed by atoms with E-state index >= 15 is 0 Å². The first kappa shape index (κ1) is 24.3. The van der Waals surface area contributed by atoms with Gasteiger partial charge in [-0.3, -0.25) is 9.79 Å². The van der Waals surface area contributed by atoms with Gasteiger partial charge in [0.2, 0.25) is 0 Å². The van der Waals surface area contributed by atoms with Gasteiger partial charge in [-0.15, -0.1) is 24.0 Å². The Hall–Kier alpha value is -1.39. The van der Waals surface area contributed by atoms with Crippen LogP contribution in [0.4, 0.5) is 0 Å². The van der Waals surface area contributed by atoms with E-state index in [0.29, 0.717) is 25.0 Å². The molecule has 0 aliphatic carbocycles. The number of nitrogens with zero attached hydrogens (tertiary/aromatic N) is 3. The molecule has 31 heavy (non-hydrogen) atoms. The number of hydrogen-bond acceptors (Lipinski definition) is 4. The maximum absolute atomic E-state index is 12.8. The van der Waals surface area contributed by atoms with Crippen molar-refractivity contribution in [2.45, 2.75) is 45.4 Å². The molecule has 0 saturated carbocycles. The Labute approximate surface area is 202 Å². The molecule has 3 atom stereocenters. The highest BCUT2D eigenvalue weighted by molar-refractivity contribution is 14.0. The molecule has 172 valence electrons. The molecular weight excluding hydrogens is 507 g/mol. The van der Waals surface area contributed by atoms with Crippen LogP contribution in [-0.2, 0) is 16.0 Å². The van der Waals surface area contributed by atoms with Gasteiger partial charge >= 0.3 is 0 Å². The Morgan fingerprint density at radius 2 is 1.87 bits per heavy atom.